The number of benzene rings is 1. The summed E-state index contributed by atoms with van der Waals surface area (Å²) in [6.07, 6.45) is 3.99. The Morgan fingerprint density at radius 2 is 2.34 bits per heavy atom. The van der Waals surface area contributed by atoms with Gasteiger partial charge < -0.3 is 25.5 Å². The van der Waals surface area contributed by atoms with Crippen LogP contribution in [0.25, 0.3) is 6.08 Å². The van der Waals surface area contributed by atoms with Crippen LogP contribution in [0.15, 0.2) is 29.9 Å². The fraction of sp³-hybridized carbons (Fsp3) is 0.316. The van der Waals surface area contributed by atoms with Gasteiger partial charge in [0.25, 0.3) is 5.91 Å². The number of hydrogen-bond acceptors (Lipinski definition) is 7. The number of hydrogen-bond donors (Lipinski definition) is 3. The number of carbonyl (C=O) groups is 1. The summed E-state index contributed by atoms with van der Waals surface area (Å²) in [6.45, 7) is 2.65. The van der Waals surface area contributed by atoms with Crippen molar-refractivity contribution in [3.63, 3.8) is 0 Å². The second-order valence-corrected chi connectivity index (χ2v) is 7.14. The SMILES string of the molecule is CC1=Cc2cc(Nc3nn([C@H]4COCCC4C#N)cc3C(N)=O)ccc2OB1O. The van der Waals surface area contributed by atoms with E-state index in [0.29, 0.717) is 42.4 Å². The van der Waals surface area contributed by atoms with Crippen molar-refractivity contribution < 1.29 is 19.2 Å². The van der Waals surface area contributed by atoms with Crippen LogP contribution in [0.4, 0.5) is 11.5 Å². The highest BCUT2D eigenvalue weighted by Crippen LogP contribution is 2.32. The Morgan fingerprint density at radius 1 is 1.52 bits per heavy atom. The molecule has 2 atom stereocenters. The molecular formula is C19H20BN5O4. The van der Waals surface area contributed by atoms with E-state index >= 15 is 0 Å². The van der Waals surface area contributed by atoms with E-state index in [9.17, 15) is 15.1 Å². The van der Waals surface area contributed by atoms with E-state index in [-0.39, 0.29) is 17.5 Å². The van der Waals surface area contributed by atoms with E-state index in [2.05, 4.69) is 16.5 Å². The highest BCUT2D eigenvalue weighted by atomic mass is 16.5. The number of carbonyl (C=O) groups excluding carboxylic acids is 1. The minimum absolute atomic E-state index is 0.225. The Hall–Kier alpha value is -3.29. The monoisotopic (exact) mass is 393 g/mol. The lowest BCUT2D eigenvalue weighted by Crippen LogP contribution is -2.29. The molecule has 3 heterocycles. The van der Waals surface area contributed by atoms with Gasteiger partial charge in [0, 0.05) is 24.1 Å². The Kier molecular flexibility index (Phi) is 5.00. The van der Waals surface area contributed by atoms with Crippen LogP contribution in [0.5, 0.6) is 5.75 Å². The topological polar surface area (TPSA) is 135 Å². The summed E-state index contributed by atoms with van der Waals surface area (Å²) in [5, 5.41) is 26.8. The zero-order valence-corrected chi connectivity index (χ0v) is 15.8. The molecule has 1 unspecified atom stereocenters. The minimum atomic E-state index is -0.954. The third-order valence-corrected chi connectivity index (χ3v) is 5.11. The average molecular weight is 393 g/mol. The quantitative estimate of drug-likeness (QED) is 0.672. The summed E-state index contributed by atoms with van der Waals surface area (Å²) in [5.74, 6) is -0.00972. The predicted octanol–water partition coefficient (Wildman–Crippen LogP) is 1.64. The number of nitrogens with zero attached hydrogens (tertiary/aromatic N) is 3. The first-order chi connectivity index (χ1) is 14.0. The van der Waals surface area contributed by atoms with Crippen molar-refractivity contribution in [1.29, 1.82) is 5.26 Å². The highest BCUT2D eigenvalue weighted by Gasteiger charge is 2.30. The molecule has 0 saturated carbocycles. The van der Waals surface area contributed by atoms with Gasteiger partial charge >= 0.3 is 7.12 Å². The lowest BCUT2D eigenvalue weighted by Gasteiger charge is -2.26. The van der Waals surface area contributed by atoms with Crippen molar-refractivity contribution in [3.05, 3.63) is 41.0 Å². The molecule has 0 aliphatic carbocycles. The lowest BCUT2D eigenvalue weighted by atomic mass is 9.76. The van der Waals surface area contributed by atoms with Crippen molar-refractivity contribution in [1.82, 2.24) is 9.78 Å². The summed E-state index contributed by atoms with van der Waals surface area (Å²) in [6, 6.07) is 7.31. The highest BCUT2D eigenvalue weighted by molar-refractivity contribution is 6.54. The fourth-order valence-corrected chi connectivity index (χ4v) is 3.48. The van der Waals surface area contributed by atoms with Gasteiger partial charge in [-0.25, -0.2) is 0 Å². The number of nitrogens with two attached hydrogens (primary N) is 1. The molecule has 2 aliphatic heterocycles. The maximum absolute atomic E-state index is 11.9. The number of fused-ring (bicyclic) bond motifs is 1. The van der Waals surface area contributed by atoms with Crippen LogP contribution < -0.4 is 15.7 Å². The van der Waals surface area contributed by atoms with E-state index in [1.54, 1.807) is 29.9 Å². The molecule has 148 valence electrons. The summed E-state index contributed by atoms with van der Waals surface area (Å²) in [7, 11) is -0.954. The Labute approximate surface area is 167 Å². The maximum atomic E-state index is 11.9. The van der Waals surface area contributed by atoms with Crippen molar-refractivity contribution in [2.45, 2.75) is 19.4 Å². The van der Waals surface area contributed by atoms with Gasteiger partial charge in [0.15, 0.2) is 5.82 Å². The number of aromatic nitrogens is 2. The molecule has 9 nitrogen and oxygen atoms in total. The molecule has 4 rings (SSSR count). The third kappa shape index (κ3) is 3.70. The van der Waals surface area contributed by atoms with Crippen molar-refractivity contribution in [2.75, 3.05) is 18.5 Å². The first kappa shape index (κ1) is 19.0. The molecule has 1 aromatic heterocycles. The number of rotatable bonds is 4. The van der Waals surface area contributed by atoms with Crippen molar-refractivity contribution in [3.8, 4) is 11.8 Å². The first-order valence-electron chi connectivity index (χ1n) is 9.26. The fourth-order valence-electron chi connectivity index (χ4n) is 3.48. The van der Waals surface area contributed by atoms with E-state index in [1.165, 1.54) is 0 Å². The Bertz CT molecular complexity index is 1030. The summed E-state index contributed by atoms with van der Waals surface area (Å²) >= 11 is 0. The molecule has 0 spiro atoms. The minimum Gasteiger partial charge on any atom is -0.532 e. The van der Waals surface area contributed by atoms with Crippen LogP contribution in [-0.2, 0) is 4.74 Å². The molecule has 2 aromatic rings. The number of primary amides is 1. The van der Waals surface area contributed by atoms with E-state index < -0.39 is 13.0 Å². The molecule has 2 aliphatic rings. The lowest BCUT2D eigenvalue weighted by molar-refractivity contribution is 0.0342. The Morgan fingerprint density at radius 3 is 3.10 bits per heavy atom. The molecule has 0 radical (unpaired) electrons. The van der Waals surface area contributed by atoms with Gasteiger partial charge in [-0.15, -0.1) is 0 Å². The predicted molar refractivity (Wildman–Crippen MR) is 106 cm³/mol. The van der Waals surface area contributed by atoms with Gasteiger partial charge in [0.1, 0.15) is 11.3 Å². The van der Waals surface area contributed by atoms with Gasteiger partial charge in [-0.2, -0.15) is 10.4 Å². The normalized spacial score (nSPS) is 20.9. The largest absolute Gasteiger partial charge is 0.555 e. The number of amides is 1. The molecule has 29 heavy (non-hydrogen) atoms. The molecule has 4 N–H and O–H groups in total. The summed E-state index contributed by atoms with van der Waals surface area (Å²) in [4.78, 5) is 11.9. The summed E-state index contributed by atoms with van der Waals surface area (Å²) in [5.41, 5.74) is 7.93. The molecule has 1 fully saturated rings. The molecule has 10 heteroatoms. The van der Waals surface area contributed by atoms with Gasteiger partial charge in [-0.3, -0.25) is 9.48 Å². The van der Waals surface area contributed by atoms with E-state index in [1.807, 2.05) is 12.1 Å². The molecular weight excluding hydrogens is 373 g/mol. The number of allylic oxidation sites excluding steroid dienone is 1. The smallest absolute Gasteiger partial charge is 0.532 e. The van der Waals surface area contributed by atoms with Gasteiger partial charge in [-0.05, 0) is 37.0 Å². The zero-order chi connectivity index (χ0) is 20.5. The van der Waals surface area contributed by atoms with Crippen LogP contribution in [0, 0.1) is 17.2 Å². The number of nitrogens with one attached hydrogen (secondary N) is 1. The first-order valence-corrected chi connectivity index (χ1v) is 9.26. The van der Waals surface area contributed by atoms with Crippen LogP contribution in [0.3, 0.4) is 0 Å². The number of nitriles is 1. The number of ether oxygens (including phenoxy) is 1. The van der Waals surface area contributed by atoms with Gasteiger partial charge in [0.05, 0.1) is 24.6 Å². The van der Waals surface area contributed by atoms with Crippen LogP contribution in [0.2, 0.25) is 0 Å². The van der Waals surface area contributed by atoms with Gasteiger partial charge in [-0.1, -0.05) is 6.08 Å². The van der Waals surface area contributed by atoms with Crippen molar-refractivity contribution >= 4 is 30.6 Å². The van der Waals surface area contributed by atoms with Crippen LogP contribution in [0.1, 0.15) is 35.3 Å². The second-order valence-electron chi connectivity index (χ2n) is 7.14. The third-order valence-electron chi connectivity index (χ3n) is 5.11. The molecule has 1 aromatic carbocycles. The van der Waals surface area contributed by atoms with Crippen LogP contribution in [-0.4, -0.2) is 41.0 Å². The standard InChI is InChI=1S/C19H20BN5O4/c1-11-6-13-7-14(2-3-17(13)29-20(11)27)23-19-15(18(22)26)9-25(24-19)16-10-28-5-4-12(16)8-21/h2-3,6-7,9,12,16,27H,4-5,10H2,1H3,(H2,22,26)(H,23,24)/t12?,16-/m0/s1. The number of anilines is 2. The summed E-state index contributed by atoms with van der Waals surface area (Å²) < 4.78 is 12.5. The van der Waals surface area contributed by atoms with Gasteiger partial charge in [0.2, 0.25) is 0 Å². The Balaban J connectivity index is 1.64. The molecule has 0 bridgehead atoms. The molecule has 1 saturated heterocycles. The average Bonchev–Trinajstić information content (AvgIpc) is 3.13. The second kappa shape index (κ2) is 7.62. The van der Waals surface area contributed by atoms with E-state index in [0.717, 1.165) is 5.56 Å². The maximum Gasteiger partial charge on any atom is 0.555 e. The zero-order valence-electron chi connectivity index (χ0n) is 15.8. The van der Waals surface area contributed by atoms with Crippen LogP contribution >= 0.6 is 0 Å². The van der Waals surface area contributed by atoms with Crippen molar-refractivity contribution in [2.24, 2.45) is 11.7 Å². The van der Waals surface area contributed by atoms with E-state index in [4.69, 9.17) is 15.1 Å². The molecule has 1 amide bonds.